The summed E-state index contributed by atoms with van der Waals surface area (Å²) in [6.45, 7) is 5.24. The van der Waals surface area contributed by atoms with Gasteiger partial charge in [0.1, 0.15) is 23.2 Å². The number of carbonyl (C=O) groups excluding carboxylic acids is 2. The maximum atomic E-state index is 13.1. The first-order valence-electron chi connectivity index (χ1n) is 14.0. The number of aromatic nitrogens is 1. The number of ether oxygens (including phenoxy) is 3. The lowest BCUT2D eigenvalue weighted by Crippen LogP contribution is -2.23. The lowest BCUT2D eigenvalue weighted by atomic mass is 9.93. The Kier molecular flexibility index (Phi) is 8.40. The molecule has 1 atom stereocenters. The van der Waals surface area contributed by atoms with Crippen LogP contribution < -0.4 is 10.1 Å². The highest BCUT2D eigenvalue weighted by Gasteiger charge is 2.52. The van der Waals surface area contributed by atoms with Crippen molar-refractivity contribution in [3.05, 3.63) is 89.1 Å². The third kappa shape index (κ3) is 6.13. The van der Waals surface area contributed by atoms with E-state index in [-0.39, 0.29) is 23.0 Å². The molecule has 44 heavy (non-hydrogen) atoms. The zero-order valence-corrected chi connectivity index (χ0v) is 24.6. The van der Waals surface area contributed by atoms with Crippen LogP contribution in [0.2, 0.25) is 0 Å². The van der Waals surface area contributed by atoms with Gasteiger partial charge in [0.25, 0.3) is 0 Å². The van der Waals surface area contributed by atoms with E-state index in [0.717, 1.165) is 41.7 Å². The SMILES string of the molecule is CCOC(=O)C1(c2ccc(-c3ccc(-c4onc(C)c4NC(=O)OC(C)c4cccc(C(F)(F)F)c4)c(OC)c3)cc2)CC1. The number of hydrogen-bond acceptors (Lipinski definition) is 7. The van der Waals surface area contributed by atoms with Crippen LogP contribution in [-0.2, 0) is 25.9 Å². The number of hydrogen-bond donors (Lipinski definition) is 1. The summed E-state index contributed by atoms with van der Waals surface area (Å²) in [4.78, 5) is 25.3. The summed E-state index contributed by atoms with van der Waals surface area (Å²) < 4.78 is 61.2. The van der Waals surface area contributed by atoms with E-state index in [9.17, 15) is 22.8 Å². The smallest absolute Gasteiger partial charge is 0.416 e. The average Bonchev–Trinajstić information content (AvgIpc) is 3.75. The predicted molar refractivity (Wildman–Crippen MR) is 156 cm³/mol. The number of halogens is 3. The van der Waals surface area contributed by atoms with Crippen LogP contribution >= 0.6 is 0 Å². The third-order valence-electron chi connectivity index (χ3n) is 7.69. The van der Waals surface area contributed by atoms with Crippen molar-refractivity contribution in [2.24, 2.45) is 0 Å². The zero-order valence-electron chi connectivity index (χ0n) is 24.6. The molecular weight excluding hydrogens is 577 g/mol. The van der Waals surface area contributed by atoms with E-state index < -0.39 is 29.4 Å². The topological polar surface area (TPSA) is 99.9 Å². The van der Waals surface area contributed by atoms with Crippen LogP contribution in [0.15, 0.2) is 71.3 Å². The highest BCUT2D eigenvalue weighted by atomic mass is 19.4. The van der Waals surface area contributed by atoms with Gasteiger partial charge in [-0.1, -0.05) is 47.6 Å². The molecule has 1 saturated carbocycles. The Balaban J connectivity index is 1.34. The van der Waals surface area contributed by atoms with E-state index >= 15 is 0 Å². The van der Waals surface area contributed by atoms with Crippen molar-refractivity contribution in [1.29, 1.82) is 0 Å². The lowest BCUT2D eigenvalue weighted by molar-refractivity contribution is -0.146. The number of benzene rings is 3. The fourth-order valence-electron chi connectivity index (χ4n) is 5.07. The summed E-state index contributed by atoms with van der Waals surface area (Å²) in [5, 5.41) is 6.59. The largest absolute Gasteiger partial charge is 0.496 e. The molecule has 0 spiro atoms. The molecule has 1 aliphatic rings. The zero-order chi connectivity index (χ0) is 31.6. The van der Waals surface area contributed by atoms with Gasteiger partial charge >= 0.3 is 18.2 Å². The molecule has 0 bridgehead atoms. The number of alkyl halides is 3. The highest BCUT2D eigenvalue weighted by molar-refractivity contribution is 5.92. The number of rotatable bonds is 9. The molecule has 1 heterocycles. The number of anilines is 1. The second-order valence-corrected chi connectivity index (χ2v) is 10.6. The molecule has 1 amide bonds. The van der Waals surface area contributed by atoms with Crippen LogP contribution in [0.25, 0.3) is 22.5 Å². The van der Waals surface area contributed by atoms with Gasteiger partial charge in [-0.05, 0) is 80.1 Å². The van der Waals surface area contributed by atoms with Gasteiger partial charge in [0, 0.05) is 0 Å². The first kappa shape index (κ1) is 30.7. The molecular formula is C33H31F3N2O6. The lowest BCUT2D eigenvalue weighted by Gasteiger charge is -2.16. The van der Waals surface area contributed by atoms with Gasteiger partial charge in [0.15, 0.2) is 5.76 Å². The van der Waals surface area contributed by atoms with E-state index in [1.165, 1.54) is 26.2 Å². The number of nitrogens with one attached hydrogen (secondary N) is 1. The Morgan fingerprint density at radius 2 is 1.75 bits per heavy atom. The van der Waals surface area contributed by atoms with Gasteiger partial charge in [0.05, 0.1) is 30.3 Å². The summed E-state index contributed by atoms with van der Waals surface area (Å²) in [5.74, 6) is 0.469. The van der Waals surface area contributed by atoms with Crippen molar-refractivity contribution in [3.8, 4) is 28.2 Å². The molecule has 1 aliphatic carbocycles. The van der Waals surface area contributed by atoms with Gasteiger partial charge in [-0.2, -0.15) is 13.2 Å². The molecule has 1 aromatic heterocycles. The molecule has 230 valence electrons. The standard InChI is InChI=1S/C33H31F3N2O6/c1-5-42-30(39)32(15-16-32)24-12-9-21(10-13-24)23-11-14-26(27(18-23)41-4)29-28(19(2)38-44-29)37-31(40)43-20(3)22-7-6-8-25(17-22)33(34,35)36/h6-14,17-18,20H,5,15-16H2,1-4H3,(H,37,40). The van der Waals surface area contributed by atoms with E-state index in [0.29, 0.717) is 23.6 Å². The van der Waals surface area contributed by atoms with E-state index in [4.69, 9.17) is 18.7 Å². The first-order valence-corrected chi connectivity index (χ1v) is 14.0. The predicted octanol–water partition coefficient (Wildman–Crippen LogP) is 8.25. The average molecular weight is 609 g/mol. The number of aryl methyl sites for hydroxylation is 1. The van der Waals surface area contributed by atoms with E-state index in [1.54, 1.807) is 19.9 Å². The number of amides is 1. The van der Waals surface area contributed by atoms with Gasteiger partial charge in [-0.3, -0.25) is 10.1 Å². The number of esters is 1. The van der Waals surface area contributed by atoms with E-state index in [1.807, 2.05) is 36.4 Å². The second-order valence-electron chi connectivity index (χ2n) is 10.6. The molecule has 1 unspecified atom stereocenters. The Morgan fingerprint density at radius 1 is 1.05 bits per heavy atom. The highest BCUT2D eigenvalue weighted by Crippen LogP contribution is 2.49. The second kappa shape index (κ2) is 12.1. The van der Waals surface area contributed by atoms with Crippen LogP contribution in [0.5, 0.6) is 5.75 Å². The van der Waals surface area contributed by atoms with Crippen LogP contribution in [0.3, 0.4) is 0 Å². The molecule has 11 heteroatoms. The van der Waals surface area contributed by atoms with Crippen molar-refractivity contribution in [1.82, 2.24) is 5.16 Å². The van der Waals surface area contributed by atoms with E-state index in [2.05, 4.69) is 10.5 Å². The van der Waals surface area contributed by atoms with Crippen LogP contribution in [0, 0.1) is 6.92 Å². The normalized spacial score (nSPS) is 14.4. The number of methoxy groups -OCH3 is 1. The molecule has 0 radical (unpaired) electrons. The molecule has 0 aliphatic heterocycles. The summed E-state index contributed by atoms with van der Waals surface area (Å²) in [7, 11) is 1.50. The maximum absolute atomic E-state index is 13.1. The minimum absolute atomic E-state index is 0.190. The number of nitrogens with zero attached hydrogens (tertiary/aromatic N) is 1. The fraction of sp³-hybridized carbons (Fsp3) is 0.303. The Hall–Kier alpha value is -4.80. The fourth-order valence-corrected chi connectivity index (χ4v) is 5.07. The molecule has 4 aromatic rings. The molecule has 3 aromatic carbocycles. The molecule has 1 fully saturated rings. The van der Waals surface area contributed by atoms with Gasteiger partial charge in [-0.15, -0.1) is 0 Å². The van der Waals surface area contributed by atoms with Crippen LogP contribution in [0.4, 0.5) is 23.7 Å². The molecule has 8 nitrogen and oxygen atoms in total. The monoisotopic (exact) mass is 608 g/mol. The van der Waals surface area contributed by atoms with Crippen molar-refractivity contribution in [3.63, 3.8) is 0 Å². The quantitative estimate of drug-likeness (QED) is 0.191. The van der Waals surface area contributed by atoms with Crippen molar-refractivity contribution in [2.45, 2.75) is 51.3 Å². The summed E-state index contributed by atoms with van der Waals surface area (Å²) >= 11 is 0. The summed E-state index contributed by atoms with van der Waals surface area (Å²) in [6.07, 6.45) is -4.85. The Morgan fingerprint density at radius 3 is 2.39 bits per heavy atom. The van der Waals surface area contributed by atoms with Crippen molar-refractivity contribution in [2.75, 3.05) is 19.0 Å². The molecule has 5 rings (SSSR count). The van der Waals surface area contributed by atoms with Gasteiger partial charge in [-0.25, -0.2) is 4.79 Å². The number of carbonyl (C=O) groups is 2. The molecule has 0 saturated heterocycles. The summed E-state index contributed by atoms with van der Waals surface area (Å²) in [6, 6.07) is 17.8. The minimum Gasteiger partial charge on any atom is -0.496 e. The Labute approximate surface area is 252 Å². The first-order chi connectivity index (χ1) is 21.0. The van der Waals surface area contributed by atoms with Crippen molar-refractivity contribution >= 4 is 17.7 Å². The Bertz CT molecular complexity index is 1680. The molecule has 1 N–H and O–H groups in total. The van der Waals surface area contributed by atoms with Crippen LogP contribution in [-0.4, -0.2) is 30.9 Å². The van der Waals surface area contributed by atoms with Crippen LogP contribution in [0.1, 0.15) is 55.2 Å². The van der Waals surface area contributed by atoms with Crippen molar-refractivity contribution < 1.29 is 41.5 Å². The van der Waals surface area contributed by atoms with Gasteiger partial charge < -0.3 is 18.7 Å². The summed E-state index contributed by atoms with van der Waals surface area (Å²) in [5.41, 5.74) is 2.57. The third-order valence-corrected chi connectivity index (χ3v) is 7.69. The minimum atomic E-state index is -4.52. The van der Waals surface area contributed by atoms with Gasteiger partial charge in [0.2, 0.25) is 0 Å². The maximum Gasteiger partial charge on any atom is 0.416 e.